The number of carbonyl (C=O) groups excluding carboxylic acids is 2. The number of rotatable bonds is 5. The summed E-state index contributed by atoms with van der Waals surface area (Å²) >= 11 is 0. The minimum Gasteiger partial charge on any atom is -0.369 e. The van der Waals surface area contributed by atoms with Crippen LogP contribution in [0.5, 0.6) is 0 Å². The highest BCUT2D eigenvalue weighted by Crippen LogP contribution is 2.16. The van der Waals surface area contributed by atoms with Gasteiger partial charge in [0.1, 0.15) is 5.75 Å². The number of likely N-dealkylation sites (tertiary alicyclic amines) is 1. The van der Waals surface area contributed by atoms with Gasteiger partial charge in [0.25, 0.3) is 0 Å². The number of primary amides is 1. The number of hydrogen-bond acceptors (Lipinski definition) is 4. The summed E-state index contributed by atoms with van der Waals surface area (Å²) in [5, 5.41) is 0. The van der Waals surface area contributed by atoms with E-state index in [9.17, 15) is 18.0 Å². The molecular weight excluding hydrogens is 268 g/mol. The summed E-state index contributed by atoms with van der Waals surface area (Å²) in [6, 6.07) is 0. The summed E-state index contributed by atoms with van der Waals surface area (Å²) in [4.78, 5) is 24.5. The van der Waals surface area contributed by atoms with Crippen LogP contribution < -0.4 is 5.73 Å². The van der Waals surface area contributed by atoms with E-state index < -0.39 is 27.4 Å². The average Bonchev–Trinajstić information content (AvgIpc) is 2.26. The van der Waals surface area contributed by atoms with Crippen LogP contribution in [0.2, 0.25) is 0 Å². The number of carbonyl (C=O) groups is 2. The first-order valence-corrected chi connectivity index (χ1v) is 8.31. The van der Waals surface area contributed by atoms with Crippen molar-refractivity contribution < 1.29 is 18.0 Å². The third-order valence-corrected chi connectivity index (χ3v) is 4.97. The summed E-state index contributed by atoms with van der Waals surface area (Å²) in [6.07, 6.45) is 1.35. The minimum absolute atomic E-state index is 0.00229. The first-order valence-electron chi connectivity index (χ1n) is 6.49. The molecule has 0 aromatic heterocycles. The van der Waals surface area contributed by atoms with Crippen molar-refractivity contribution in [1.82, 2.24) is 4.90 Å². The van der Waals surface area contributed by atoms with Crippen LogP contribution >= 0.6 is 0 Å². The number of sulfone groups is 1. The van der Waals surface area contributed by atoms with Gasteiger partial charge in [-0.1, -0.05) is 13.8 Å². The van der Waals surface area contributed by atoms with Crippen LogP contribution in [0.3, 0.4) is 0 Å². The molecule has 1 fully saturated rings. The molecule has 2 amide bonds. The van der Waals surface area contributed by atoms with Crippen molar-refractivity contribution in [2.24, 2.45) is 17.6 Å². The molecule has 1 saturated heterocycles. The van der Waals surface area contributed by atoms with Crippen LogP contribution in [-0.4, -0.2) is 49.7 Å². The molecular formula is C12H22N2O4S. The van der Waals surface area contributed by atoms with Gasteiger partial charge in [-0.2, -0.15) is 0 Å². The second-order valence-electron chi connectivity index (χ2n) is 5.53. The molecule has 19 heavy (non-hydrogen) atoms. The summed E-state index contributed by atoms with van der Waals surface area (Å²) in [6.45, 7) is 4.34. The van der Waals surface area contributed by atoms with Crippen LogP contribution in [0, 0.1) is 11.8 Å². The van der Waals surface area contributed by atoms with Gasteiger partial charge in [-0.15, -0.1) is 0 Å². The largest absolute Gasteiger partial charge is 0.369 e. The molecule has 0 bridgehead atoms. The number of piperidine rings is 1. The molecule has 1 atom stereocenters. The third kappa shape index (κ3) is 5.18. The zero-order chi connectivity index (χ0) is 14.6. The maximum absolute atomic E-state index is 12.0. The van der Waals surface area contributed by atoms with Crippen LogP contribution in [0.25, 0.3) is 0 Å². The highest BCUT2D eigenvalue weighted by Gasteiger charge is 2.29. The van der Waals surface area contributed by atoms with Crippen molar-refractivity contribution in [1.29, 1.82) is 0 Å². The Morgan fingerprint density at radius 3 is 2.53 bits per heavy atom. The summed E-state index contributed by atoms with van der Waals surface area (Å²) in [5.41, 5.74) is 5.23. The highest BCUT2D eigenvalue weighted by atomic mass is 32.2. The van der Waals surface area contributed by atoms with Crippen molar-refractivity contribution in [3.05, 3.63) is 0 Å². The van der Waals surface area contributed by atoms with Crippen molar-refractivity contribution in [3.8, 4) is 0 Å². The van der Waals surface area contributed by atoms with Crippen molar-refractivity contribution in [2.45, 2.75) is 26.7 Å². The number of amides is 2. The molecule has 110 valence electrons. The lowest BCUT2D eigenvalue weighted by Crippen LogP contribution is -2.46. The SMILES string of the molecule is CC(C)CS(=O)(=O)CC(=O)N1CCCC(C(N)=O)C1. The van der Waals surface area contributed by atoms with Crippen molar-refractivity contribution in [2.75, 3.05) is 24.6 Å². The van der Waals surface area contributed by atoms with Gasteiger partial charge in [0.2, 0.25) is 11.8 Å². The molecule has 1 unspecified atom stereocenters. The van der Waals surface area contributed by atoms with E-state index in [1.165, 1.54) is 4.90 Å². The van der Waals surface area contributed by atoms with E-state index in [0.717, 1.165) is 0 Å². The highest BCUT2D eigenvalue weighted by molar-refractivity contribution is 7.92. The molecule has 0 aromatic carbocycles. The van der Waals surface area contributed by atoms with E-state index in [1.807, 2.05) is 0 Å². The predicted octanol–water partition coefficient (Wildman–Crippen LogP) is -0.219. The van der Waals surface area contributed by atoms with Crippen LogP contribution in [-0.2, 0) is 19.4 Å². The van der Waals surface area contributed by atoms with Gasteiger partial charge in [-0.25, -0.2) is 8.42 Å². The van der Waals surface area contributed by atoms with E-state index in [-0.39, 0.29) is 24.1 Å². The Labute approximate surface area is 114 Å². The lowest BCUT2D eigenvalue weighted by molar-refractivity contribution is -0.132. The van der Waals surface area contributed by atoms with Gasteiger partial charge in [0.15, 0.2) is 9.84 Å². The Morgan fingerprint density at radius 1 is 1.37 bits per heavy atom. The molecule has 2 N–H and O–H groups in total. The Hall–Kier alpha value is -1.11. The summed E-state index contributed by atoms with van der Waals surface area (Å²) in [5.74, 6) is -1.68. The number of hydrogen-bond donors (Lipinski definition) is 1. The molecule has 1 rings (SSSR count). The van der Waals surface area contributed by atoms with Gasteiger partial charge < -0.3 is 10.6 Å². The second-order valence-corrected chi connectivity index (χ2v) is 7.64. The van der Waals surface area contributed by atoms with Gasteiger partial charge in [-0.3, -0.25) is 9.59 Å². The van der Waals surface area contributed by atoms with Crippen molar-refractivity contribution in [3.63, 3.8) is 0 Å². The predicted molar refractivity (Wildman–Crippen MR) is 72.0 cm³/mol. The maximum atomic E-state index is 12.0. The molecule has 0 radical (unpaired) electrons. The monoisotopic (exact) mass is 290 g/mol. The van der Waals surface area contributed by atoms with E-state index in [2.05, 4.69) is 0 Å². The van der Waals surface area contributed by atoms with Gasteiger partial charge in [0, 0.05) is 13.1 Å². The van der Waals surface area contributed by atoms with Gasteiger partial charge in [-0.05, 0) is 18.8 Å². The molecule has 6 nitrogen and oxygen atoms in total. The number of nitrogens with two attached hydrogens (primary N) is 1. The Kier molecular flexibility index (Phi) is 5.34. The number of nitrogens with zero attached hydrogens (tertiary/aromatic N) is 1. The lowest BCUT2D eigenvalue weighted by atomic mass is 9.97. The topological polar surface area (TPSA) is 97.5 Å². The average molecular weight is 290 g/mol. The lowest BCUT2D eigenvalue weighted by Gasteiger charge is -2.31. The minimum atomic E-state index is -3.37. The van der Waals surface area contributed by atoms with Gasteiger partial charge >= 0.3 is 0 Å². The Bertz CT molecular complexity index is 445. The molecule has 0 aliphatic carbocycles. The standard InChI is InChI=1S/C12H22N2O4S/c1-9(2)7-19(17,18)8-11(15)14-5-3-4-10(6-14)12(13)16/h9-10H,3-8H2,1-2H3,(H2,13,16). The molecule has 0 spiro atoms. The zero-order valence-electron chi connectivity index (χ0n) is 11.5. The third-order valence-electron chi connectivity index (χ3n) is 3.11. The first kappa shape index (κ1) is 15.9. The normalized spacial score (nSPS) is 20.6. The first-order chi connectivity index (χ1) is 8.71. The molecule has 0 saturated carbocycles. The van der Waals surface area contributed by atoms with E-state index in [1.54, 1.807) is 13.8 Å². The molecule has 7 heteroatoms. The fourth-order valence-corrected chi connectivity index (χ4v) is 3.97. The van der Waals surface area contributed by atoms with Crippen molar-refractivity contribution >= 4 is 21.7 Å². The quantitative estimate of drug-likeness (QED) is 0.757. The van der Waals surface area contributed by atoms with Crippen LogP contribution in [0.4, 0.5) is 0 Å². The maximum Gasteiger partial charge on any atom is 0.237 e. The fraction of sp³-hybridized carbons (Fsp3) is 0.833. The van der Waals surface area contributed by atoms with Crippen LogP contribution in [0.15, 0.2) is 0 Å². The molecule has 1 aliphatic rings. The van der Waals surface area contributed by atoms with E-state index in [4.69, 9.17) is 5.73 Å². The molecule has 1 aliphatic heterocycles. The summed E-state index contributed by atoms with van der Waals surface area (Å²) < 4.78 is 23.5. The Morgan fingerprint density at radius 2 is 2.00 bits per heavy atom. The summed E-state index contributed by atoms with van der Waals surface area (Å²) in [7, 11) is -3.37. The molecule has 0 aromatic rings. The van der Waals surface area contributed by atoms with Gasteiger partial charge in [0.05, 0.1) is 11.7 Å². The van der Waals surface area contributed by atoms with Crippen LogP contribution in [0.1, 0.15) is 26.7 Å². The van der Waals surface area contributed by atoms with E-state index in [0.29, 0.717) is 19.4 Å². The zero-order valence-corrected chi connectivity index (χ0v) is 12.3. The second kappa shape index (κ2) is 6.36. The Balaban J connectivity index is 2.61. The fourth-order valence-electron chi connectivity index (χ4n) is 2.28. The molecule has 1 heterocycles. The van der Waals surface area contributed by atoms with E-state index >= 15 is 0 Å². The smallest absolute Gasteiger partial charge is 0.237 e.